The van der Waals surface area contributed by atoms with Crippen molar-refractivity contribution >= 4 is 5.91 Å². The first kappa shape index (κ1) is 18.4. The molecule has 2 fully saturated rings. The van der Waals surface area contributed by atoms with Crippen molar-refractivity contribution < 1.29 is 9.90 Å². The summed E-state index contributed by atoms with van der Waals surface area (Å²) in [7, 11) is 0. The number of β-amino-alcohol motifs (C(OH)–C–C–N with tert-alkyl or cyclic N) is 1. The highest BCUT2D eigenvalue weighted by Gasteiger charge is 2.35. The molecule has 1 amide bonds. The number of hydrogen-bond acceptors (Lipinski definition) is 4. The summed E-state index contributed by atoms with van der Waals surface area (Å²) in [6.45, 7) is 10.4. The molecule has 1 N–H and O–H groups in total. The van der Waals surface area contributed by atoms with Gasteiger partial charge in [-0.2, -0.15) is 0 Å². The Morgan fingerprint density at radius 2 is 1.92 bits per heavy atom. The highest BCUT2D eigenvalue weighted by Crippen LogP contribution is 2.25. The van der Waals surface area contributed by atoms with Gasteiger partial charge in [0.1, 0.15) is 0 Å². The number of amides is 1. The molecule has 5 heteroatoms. The van der Waals surface area contributed by atoms with Crippen LogP contribution in [0.15, 0.2) is 30.3 Å². The summed E-state index contributed by atoms with van der Waals surface area (Å²) >= 11 is 0. The van der Waals surface area contributed by atoms with Crippen LogP contribution >= 0.6 is 0 Å². The number of aliphatic hydroxyl groups excluding tert-OH is 1. The predicted octanol–water partition coefficient (Wildman–Crippen LogP) is 1.59. The van der Waals surface area contributed by atoms with Gasteiger partial charge in [0.2, 0.25) is 5.91 Å². The third-order valence-electron chi connectivity index (χ3n) is 5.71. The van der Waals surface area contributed by atoms with Gasteiger partial charge in [0.25, 0.3) is 0 Å². The fourth-order valence-electron chi connectivity index (χ4n) is 4.28. The van der Waals surface area contributed by atoms with Gasteiger partial charge in [-0.05, 0) is 17.9 Å². The third kappa shape index (κ3) is 4.60. The fraction of sp³-hybridized carbons (Fsp3) is 0.650. The van der Waals surface area contributed by atoms with E-state index in [2.05, 4.69) is 16.7 Å². The molecule has 0 spiro atoms. The quantitative estimate of drug-likeness (QED) is 0.900. The van der Waals surface area contributed by atoms with Crippen LogP contribution in [0.1, 0.15) is 31.9 Å². The van der Waals surface area contributed by atoms with Crippen LogP contribution < -0.4 is 0 Å². The number of aliphatic hydroxyl groups is 1. The Morgan fingerprint density at radius 3 is 2.64 bits per heavy atom. The lowest BCUT2D eigenvalue weighted by Gasteiger charge is -2.30. The van der Waals surface area contributed by atoms with E-state index < -0.39 is 6.10 Å². The average Bonchev–Trinajstić information content (AvgIpc) is 2.82. The molecule has 3 atom stereocenters. The molecule has 0 bridgehead atoms. The molecular formula is C20H31N3O2. The number of benzene rings is 1. The molecule has 2 saturated heterocycles. The van der Waals surface area contributed by atoms with E-state index in [1.54, 1.807) is 6.92 Å². The molecule has 0 radical (unpaired) electrons. The van der Waals surface area contributed by atoms with E-state index in [9.17, 15) is 9.90 Å². The van der Waals surface area contributed by atoms with E-state index in [0.717, 1.165) is 51.3 Å². The largest absolute Gasteiger partial charge is 0.387 e. The Hall–Kier alpha value is -1.43. The molecule has 138 valence electrons. The van der Waals surface area contributed by atoms with Crippen molar-refractivity contribution in [2.45, 2.75) is 32.4 Å². The van der Waals surface area contributed by atoms with E-state index in [1.807, 2.05) is 35.2 Å². The molecule has 2 aliphatic heterocycles. The topological polar surface area (TPSA) is 47.0 Å². The minimum absolute atomic E-state index is 0.189. The Bertz CT molecular complexity index is 565. The van der Waals surface area contributed by atoms with E-state index in [1.165, 1.54) is 0 Å². The second kappa shape index (κ2) is 8.30. The maximum atomic E-state index is 11.6. The van der Waals surface area contributed by atoms with Crippen LogP contribution in [0.25, 0.3) is 0 Å². The zero-order chi connectivity index (χ0) is 17.8. The van der Waals surface area contributed by atoms with E-state index in [0.29, 0.717) is 18.5 Å². The lowest BCUT2D eigenvalue weighted by molar-refractivity contribution is -0.128. The summed E-state index contributed by atoms with van der Waals surface area (Å²) in [6.07, 6.45) is 0.625. The summed E-state index contributed by atoms with van der Waals surface area (Å²) in [6, 6.07) is 10.4. The molecule has 0 aromatic heterocycles. The summed E-state index contributed by atoms with van der Waals surface area (Å²) in [5, 5.41) is 10.5. The second-order valence-electron chi connectivity index (χ2n) is 7.59. The fourth-order valence-corrected chi connectivity index (χ4v) is 4.28. The van der Waals surface area contributed by atoms with Gasteiger partial charge >= 0.3 is 0 Å². The van der Waals surface area contributed by atoms with Crippen LogP contribution in [-0.4, -0.2) is 77.6 Å². The van der Waals surface area contributed by atoms with Gasteiger partial charge in [0, 0.05) is 58.8 Å². The van der Waals surface area contributed by atoms with Gasteiger partial charge in [-0.3, -0.25) is 14.6 Å². The van der Waals surface area contributed by atoms with Crippen molar-refractivity contribution in [1.82, 2.24) is 14.7 Å². The Balaban J connectivity index is 1.55. The van der Waals surface area contributed by atoms with E-state index >= 15 is 0 Å². The van der Waals surface area contributed by atoms with Gasteiger partial charge < -0.3 is 10.0 Å². The van der Waals surface area contributed by atoms with Gasteiger partial charge in [-0.1, -0.05) is 37.3 Å². The highest BCUT2D eigenvalue weighted by molar-refractivity contribution is 5.73. The number of nitrogens with zero attached hydrogens (tertiary/aromatic N) is 3. The molecule has 1 aromatic carbocycles. The Morgan fingerprint density at radius 1 is 1.16 bits per heavy atom. The van der Waals surface area contributed by atoms with Crippen molar-refractivity contribution in [3.63, 3.8) is 0 Å². The van der Waals surface area contributed by atoms with Crippen LogP contribution in [0.4, 0.5) is 0 Å². The number of rotatable bonds is 4. The minimum Gasteiger partial charge on any atom is -0.387 e. The number of carbonyl (C=O) groups is 1. The lowest BCUT2D eigenvalue weighted by Crippen LogP contribution is -2.43. The van der Waals surface area contributed by atoms with E-state index in [-0.39, 0.29) is 5.91 Å². The van der Waals surface area contributed by atoms with Gasteiger partial charge in [0.05, 0.1) is 6.10 Å². The van der Waals surface area contributed by atoms with Crippen molar-refractivity contribution in [3.05, 3.63) is 35.9 Å². The van der Waals surface area contributed by atoms with Crippen LogP contribution in [0, 0.1) is 5.92 Å². The van der Waals surface area contributed by atoms with Gasteiger partial charge in [0.15, 0.2) is 0 Å². The zero-order valence-corrected chi connectivity index (χ0v) is 15.5. The maximum Gasteiger partial charge on any atom is 0.219 e. The Kier molecular flexibility index (Phi) is 6.10. The smallest absolute Gasteiger partial charge is 0.219 e. The van der Waals surface area contributed by atoms with Crippen LogP contribution in [0.3, 0.4) is 0 Å². The van der Waals surface area contributed by atoms with Crippen LogP contribution in [0.2, 0.25) is 0 Å². The highest BCUT2D eigenvalue weighted by atomic mass is 16.3. The predicted molar refractivity (Wildman–Crippen MR) is 99.2 cm³/mol. The zero-order valence-electron chi connectivity index (χ0n) is 15.5. The van der Waals surface area contributed by atoms with Crippen molar-refractivity contribution in [1.29, 1.82) is 0 Å². The first-order chi connectivity index (χ1) is 12.0. The summed E-state index contributed by atoms with van der Waals surface area (Å²) in [4.78, 5) is 18.5. The van der Waals surface area contributed by atoms with Crippen molar-refractivity contribution in [2.75, 3.05) is 45.8 Å². The number of hydrogen-bond donors (Lipinski definition) is 1. The minimum atomic E-state index is -0.426. The number of carbonyl (C=O) groups excluding carboxylic acids is 1. The molecule has 0 unspecified atom stereocenters. The van der Waals surface area contributed by atoms with E-state index in [4.69, 9.17) is 0 Å². The normalized spacial score (nSPS) is 27.2. The summed E-state index contributed by atoms with van der Waals surface area (Å²) in [5.41, 5.74) is 0.991. The van der Waals surface area contributed by atoms with Crippen molar-refractivity contribution in [3.8, 4) is 0 Å². The SMILES string of the molecule is CC(=O)N1CCCN([C@@H]2CN(C[C@H](O)c3ccccc3)C[C@@H]2C)CC1. The summed E-state index contributed by atoms with van der Waals surface area (Å²) in [5.74, 6) is 0.779. The molecule has 5 nitrogen and oxygen atoms in total. The molecule has 1 aromatic rings. The van der Waals surface area contributed by atoms with Crippen molar-refractivity contribution in [2.24, 2.45) is 5.92 Å². The monoisotopic (exact) mass is 345 g/mol. The lowest BCUT2D eigenvalue weighted by atomic mass is 10.0. The maximum absolute atomic E-state index is 11.6. The second-order valence-corrected chi connectivity index (χ2v) is 7.59. The third-order valence-corrected chi connectivity index (χ3v) is 5.71. The molecule has 0 aliphatic carbocycles. The molecule has 25 heavy (non-hydrogen) atoms. The molecule has 2 aliphatic rings. The standard InChI is InChI=1S/C20H31N3O2/c1-16-13-21(15-20(25)18-7-4-3-5-8-18)14-19(16)23-10-6-9-22(11-12-23)17(2)24/h3-5,7-8,16,19-20,25H,6,9-15H2,1-2H3/t16-,19+,20-/m0/s1. The first-order valence-corrected chi connectivity index (χ1v) is 9.49. The average molecular weight is 345 g/mol. The molecule has 2 heterocycles. The molecular weight excluding hydrogens is 314 g/mol. The first-order valence-electron chi connectivity index (χ1n) is 9.49. The molecule has 3 rings (SSSR count). The van der Waals surface area contributed by atoms with Crippen LogP contribution in [0.5, 0.6) is 0 Å². The van der Waals surface area contributed by atoms with Crippen LogP contribution in [-0.2, 0) is 4.79 Å². The van der Waals surface area contributed by atoms with Gasteiger partial charge in [-0.15, -0.1) is 0 Å². The summed E-state index contributed by atoms with van der Waals surface area (Å²) < 4.78 is 0. The number of likely N-dealkylation sites (tertiary alicyclic amines) is 1. The Labute approximate surface area is 151 Å². The van der Waals surface area contributed by atoms with Gasteiger partial charge in [-0.25, -0.2) is 0 Å². The molecule has 0 saturated carbocycles.